The molecule has 0 spiro atoms. The second kappa shape index (κ2) is 10.6. The van der Waals surface area contributed by atoms with Crippen molar-refractivity contribution in [1.82, 2.24) is 3.80 Å². The number of carbonyl (C=O) groups is 1. The number of fused-ring (bicyclic) bond motifs is 6. The Hall–Kier alpha value is -1.88. The van der Waals surface area contributed by atoms with Crippen LogP contribution in [0.2, 0.25) is 10.5 Å². The number of carbonyl (C=O) groups excluding carboxylic acids is 1. The van der Waals surface area contributed by atoms with E-state index in [1.54, 1.807) is 0 Å². The molecule has 0 heterocycles. The molecule has 0 fully saturated rings. The number of halogens is 2. The van der Waals surface area contributed by atoms with Crippen molar-refractivity contribution in [3.8, 4) is 0 Å². The Balaban J connectivity index is 0.00000128. The molecule has 170 valence electrons. The van der Waals surface area contributed by atoms with E-state index in [2.05, 4.69) is 75.8 Å². The maximum Gasteiger partial charge on any atom is -0.0149 e. The number of nitrogens with one attached hydrogen (secondary N) is 1. The summed E-state index contributed by atoms with van der Waals surface area (Å²) >= 11 is -2.79. The van der Waals surface area contributed by atoms with Crippen LogP contribution in [0.5, 0.6) is 0 Å². The predicted octanol–water partition coefficient (Wildman–Crippen LogP) is -0.397. The van der Waals surface area contributed by atoms with E-state index in [1.807, 2.05) is 30.3 Å². The topological polar surface area (TPSA) is 29.1 Å². The van der Waals surface area contributed by atoms with Crippen LogP contribution in [0.15, 0.2) is 82.7 Å². The zero-order valence-corrected chi connectivity index (χ0v) is 21.4. The van der Waals surface area contributed by atoms with Gasteiger partial charge in [0.05, 0.1) is 0 Å². The fraction of sp³-hybridized carbons (Fsp3) is 0.148. The van der Waals surface area contributed by atoms with E-state index in [0.717, 1.165) is 5.56 Å². The number of rotatable bonds is 3. The third-order valence-electron chi connectivity index (χ3n) is 6.40. The van der Waals surface area contributed by atoms with Crippen molar-refractivity contribution in [3.63, 3.8) is 0 Å². The average Bonchev–Trinajstić information content (AvgIpc) is 3.13. The zero-order valence-electron chi connectivity index (χ0n) is 18.3. The number of hydrogen-bond acceptors (Lipinski definition) is 1. The molecule has 0 saturated carbocycles. The van der Waals surface area contributed by atoms with Gasteiger partial charge in [-0.05, 0) is 11.0 Å². The summed E-state index contributed by atoms with van der Waals surface area (Å²) < 4.78 is 4.88. The molecule has 0 aliphatic heterocycles. The minimum Gasteiger partial charge on any atom is -1.00 e. The second-order valence-electron chi connectivity index (χ2n) is 8.69. The summed E-state index contributed by atoms with van der Waals surface area (Å²) in [5.74, 6) is 0.347. The second-order valence-corrected chi connectivity index (χ2v) is 15.1. The van der Waals surface area contributed by atoms with Crippen molar-refractivity contribution in [2.75, 3.05) is 0 Å². The van der Waals surface area contributed by atoms with Crippen LogP contribution in [0, 0.1) is 0 Å². The van der Waals surface area contributed by atoms with Crippen molar-refractivity contribution in [3.05, 3.63) is 99.4 Å². The fourth-order valence-electron chi connectivity index (χ4n) is 4.99. The van der Waals surface area contributed by atoms with Crippen molar-refractivity contribution >= 4 is 44.5 Å². The maximum absolute atomic E-state index is 12.9. The molecule has 4 aromatic rings. The molecule has 0 radical (unpaired) electrons. The molecule has 0 saturated heterocycles. The van der Waals surface area contributed by atoms with Gasteiger partial charge in [0.2, 0.25) is 0 Å². The minimum absolute atomic E-state index is 0. The van der Waals surface area contributed by atoms with Crippen molar-refractivity contribution in [2.24, 2.45) is 0 Å². The zero-order chi connectivity index (χ0) is 20.9. The summed E-state index contributed by atoms with van der Waals surface area (Å²) in [6.45, 7) is 2.31. The summed E-state index contributed by atoms with van der Waals surface area (Å²) in [4.78, 5) is 12.9. The molecule has 1 N–H and O–H groups in total. The van der Waals surface area contributed by atoms with Gasteiger partial charge in [-0.15, -0.1) is 0 Å². The average molecular weight is 530 g/mol. The normalized spacial score (nSPS) is 13.9. The Kier molecular flexibility index (Phi) is 8.78. The molecule has 33 heavy (non-hydrogen) atoms. The van der Waals surface area contributed by atoms with E-state index < -0.39 is 16.8 Å². The standard InChI is InChI=1S/C18H13.C7H7NO.2CH3.2ClH.H4Si.Ti/c1-12-10-11-17-15-8-3-2-6-13(15)14-7-4-5-9-16(14)18(12)17;8-7(9)6-4-2-1-3-5-6;;;;;;/h2-9,11-12H,1H3;1-5H,(H2,8,9);2*1H3;2*1H;1H4;/q;;;;;;;+3/p-3. The van der Waals surface area contributed by atoms with Crippen LogP contribution >= 0.6 is 0 Å². The summed E-state index contributed by atoms with van der Waals surface area (Å²) in [6, 6.07) is 27.0. The van der Waals surface area contributed by atoms with Gasteiger partial charge in [0.25, 0.3) is 0 Å². The monoisotopic (exact) mass is 529 g/mol. The van der Waals surface area contributed by atoms with Crippen molar-refractivity contribution in [2.45, 2.75) is 23.3 Å². The molecular weight excluding hydrogens is 501 g/mol. The first-order valence-electron chi connectivity index (χ1n) is 10.5. The van der Waals surface area contributed by atoms with Gasteiger partial charge in [-0.3, -0.25) is 0 Å². The molecule has 0 bridgehead atoms. The summed E-state index contributed by atoms with van der Waals surface area (Å²) in [6.07, 6.45) is 2.39. The molecule has 6 heteroatoms. The molecule has 4 aromatic carbocycles. The SMILES string of the molecule is CC1[C]([Ti+2]([CH3])([CH3])[NH]C(=O)c2ccccc2)=Cc2c1c1ccccc1c1ccccc21.[Cl-].[Cl-].[SiH4]. The van der Waals surface area contributed by atoms with Gasteiger partial charge in [0.15, 0.2) is 0 Å². The van der Waals surface area contributed by atoms with Crippen LogP contribution in [0.3, 0.4) is 0 Å². The van der Waals surface area contributed by atoms with Crippen molar-refractivity contribution in [1.29, 1.82) is 0 Å². The first-order chi connectivity index (χ1) is 14.5. The summed E-state index contributed by atoms with van der Waals surface area (Å²) in [5.41, 5.74) is 3.47. The molecular formula is C27H29Cl2NOSiTi. The predicted molar refractivity (Wildman–Crippen MR) is 135 cm³/mol. The Morgan fingerprint density at radius 1 is 0.758 bits per heavy atom. The van der Waals surface area contributed by atoms with Gasteiger partial charge in [0, 0.05) is 0 Å². The van der Waals surface area contributed by atoms with Gasteiger partial charge in [0.1, 0.15) is 0 Å². The van der Waals surface area contributed by atoms with Gasteiger partial charge in [-0.2, -0.15) is 0 Å². The number of hydrogen-bond donors (Lipinski definition) is 1. The molecule has 2 nitrogen and oxygen atoms in total. The van der Waals surface area contributed by atoms with Gasteiger partial charge in [-0.25, -0.2) is 0 Å². The molecule has 1 atom stereocenters. The fourth-order valence-corrected chi connectivity index (χ4v) is 9.04. The minimum atomic E-state index is -2.79. The summed E-state index contributed by atoms with van der Waals surface area (Å²) in [7, 11) is 0. The molecule has 1 amide bonds. The van der Waals surface area contributed by atoms with E-state index in [1.165, 1.54) is 36.5 Å². The molecule has 0 aromatic heterocycles. The maximum atomic E-state index is 12.9. The third kappa shape index (κ3) is 4.71. The number of benzene rings is 4. The smallest absolute Gasteiger partial charge is 0.0149 e. The van der Waals surface area contributed by atoms with Crippen molar-refractivity contribution < 1.29 is 46.5 Å². The Bertz CT molecular complexity index is 1340. The van der Waals surface area contributed by atoms with Crippen LogP contribution < -0.4 is 28.6 Å². The van der Waals surface area contributed by atoms with Gasteiger partial charge >= 0.3 is 182 Å². The Morgan fingerprint density at radius 3 is 1.85 bits per heavy atom. The van der Waals surface area contributed by atoms with Crippen LogP contribution in [-0.2, 0) is 16.8 Å². The van der Waals surface area contributed by atoms with Gasteiger partial charge in [-0.1, -0.05) is 0 Å². The van der Waals surface area contributed by atoms with Gasteiger partial charge < -0.3 is 24.8 Å². The summed E-state index contributed by atoms with van der Waals surface area (Å²) in [5, 5.41) is 9.83. The van der Waals surface area contributed by atoms with Crippen LogP contribution in [0.4, 0.5) is 0 Å². The molecule has 1 aliphatic carbocycles. The largest absolute Gasteiger partial charge is 1.00 e. The van der Waals surface area contributed by atoms with E-state index in [4.69, 9.17) is 0 Å². The number of amides is 1. The van der Waals surface area contributed by atoms with E-state index in [-0.39, 0.29) is 41.7 Å². The third-order valence-corrected chi connectivity index (χ3v) is 10.9. The Morgan fingerprint density at radius 2 is 1.24 bits per heavy atom. The van der Waals surface area contributed by atoms with Crippen LogP contribution in [0.1, 0.15) is 34.3 Å². The molecule has 5 rings (SSSR count). The molecule has 1 unspecified atom stereocenters. The van der Waals surface area contributed by atoms with E-state index in [0.29, 0.717) is 5.92 Å². The van der Waals surface area contributed by atoms with E-state index in [9.17, 15) is 4.79 Å². The Labute approximate surface area is 216 Å². The molecule has 1 aliphatic rings. The quantitative estimate of drug-likeness (QED) is 0.284. The first kappa shape index (κ1) is 27.4. The van der Waals surface area contributed by atoms with Crippen LogP contribution in [-0.4, -0.2) is 16.9 Å². The first-order valence-corrected chi connectivity index (χ1v) is 15.2. The van der Waals surface area contributed by atoms with E-state index >= 15 is 0 Å². The van der Waals surface area contributed by atoms with Crippen LogP contribution in [0.25, 0.3) is 27.6 Å². The number of allylic oxidation sites excluding steroid dienone is 1.